The Bertz CT molecular complexity index is 1410. The summed E-state index contributed by atoms with van der Waals surface area (Å²) in [6, 6.07) is 0. The fraction of sp³-hybridized carbons (Fsp3) is 0.800. The molecule has 3 aliphatic carbocycles. The van der Waals surface area contributed by atoms with Gasteiger partial charge in [0.25, 0.3) is 0 Å². The Kier molecular flexibility index (Phi) is 16.3. The van der Waals surface area contributed by atoms with Crippen molar-refractivity contribution in [3.63, 3.8) is 0 Å². The van der Waals surface area contributed by atoms with Gasteiger partial charge < -0.3 is 13.3 Å². The van der Waals surface area contributed by atoms with Crippen molar-refractivity contribution < 1.29 is 13.3 Å². The van der Waals surface area contributed by atoms with Crippen LogP contribution < -0.4 is 0 Å². The molecule has 6 atom stereocenters. The van der Waals surface area contributed by atoms with Crippen LogP contribution in [0.3, 0.4) is 0 Å². The molecule has 6 heteroatoms. The van der Waals surface area contributed by atoms with E-state index in [4.69, 9.17) is 13.3 Å². The SMILES string of the molecule is CCC(C)(/C=C/C=C/[C@@H](C)C1CCC2/C(=C/C=C3CC(O[Si](C)(C)C(C)(C)C)C(=CCO[Si](C)(C)C(C)(C)C)[C@H](O[Si](C)(C)C(C)(C)C)C3)CCCC21C)CC. The highest BCUT2D eigenvalue weighted by atomic mass is 28.4. The first-order valence-electron chi connectivity index (χ1n) is 22.9. The molecule has 4 unspecified atom stereocenters. The molecule has 3 aliphatic rings. The summed E-state index contributed by atoms with van der Waals surface area (Å²) in [4.78, 5) is 0. The van der Waals surface area contributed by atoms with Crippen LogP contribution in [0.4, 0.5) is 0 Å². The van der Waals surface area contributed by atoms with Crippen LogP contribution in [-0.2, 0) is 13.3 Å². The molecule has 0 amide bonds. The van der Waals surface area contributed by atoms with E-state index in [1.807, 2.05) is 0 Å². The van der Waals surface area contributed by atoms with E-state index >= 15 is 0 Å². The van der Waals surface area contributed by atoms with Crippen molar-refractivity contribution in [2.75, 3.05) is 6.61 Å². The first kappa shape index (κ1) is 49.6. The zero-order valence-electron chi connectivity index (χ0n) is 40.7. The minimum atomic E-state index is -2.09. The lowest BCUT2D eigenvalue weighted by Crippen LogP contribution is -2.50. The van der Waals surface area contributed by atoms with Crippen molar-refractivity contribution in [3.05, 3.63) is 59.3 Å². The van der Waals surface area contributed by atoms with Gasteiger partial charge in [-0.05, 0) is 146 Å². The molecule has 0 bridgehead atoms. The summed E-state index contributed by atoms with van der Waals surface area (Å²) in [6.07, 6.45) is 28.0. The minimum Gasteiger partial charge on any atom is -0.413 e. The van der Waals surface area contributed by atoms with E-state index in [0.717, 1.165) is 18.8 Å². The normalized spacial score (nSPS) is 29.3. The molecule has 0 aromatic carbocycles. The first-order valence-corrected chi connectivity index (χ1v) is 31.6. The fourth-order valence-corrected chi connectivity index (χ4v) is 12.3. The highest BCUT2D eigenvalue weighted by Gasteiger charge is 2.51. The predicted molar refractivity (Wildman–Crippen MR) is 255 cm³/mol. The predicted octanol–water partition coefficient (Wildman–Crippen LogP) is 16.2. The number of rotatable bonds is 14. The largest absolute Gasteiger partial charge is 0.413 e. The summed E-state index contributed by atoms with van der Waals surface area (Å²) in [5, 5.41) is 0.407. The molecule has 3 rings (SSSR count). The Morgan fingerprint density at radius 2 is 1.25 bits per heavy atom. The Labute approximate surface area is 352 Å². The minimum absolute atomic E-state index is 0.00811. The molecule has 0 heterocycles. The molecule has 56 heavy (non-hydrogen) atoms. The van der Waals surface area contributed by atoms with Crippen LogP contribution in [0, 0.1) is 28.6 Å². The topological polar surface area (TPSA) is 27.7 Å². The number of allylic oxidation sites excluding steroid dienone is 7. The summed E-state index contributed by atoms with van der Waals surface area (Å²) in [5.74, 6) is 2.00. The molecule has 0 spiro atoms. The zero-order valence-corrected chi connectivity index (χ0v) is 43.7. The van der Waals surface area contributed by atoms with Gasteiger partial charge in [-0.2, -0.15) is 0 Å². The van der Waals surface area contributed by atoms with Gasteiger partial charge in [-0.25, -0.2) is 0 Å². The van der Waals surface area contributed by atoms with E-state index in [0.29, 0.717) is 29.3 Å². The van der Waals surface area contributed by atoms with Crippen molar-refractivity contribution in [1.82, 2.24) is 0 Å². The third-order valence-electron chi connectivity index (χ3n) is 16.5. The average Bonchev–Trinajstić information content (AvgIpc) is 3.42. The second-order valence-electron chi connectivity index (χ2n) is 23.5. The molecule has 0 saturated heterocycles. The van der Waals surface area contributed by atoms with Gasteiger partial charge in [-0.3, -0.25) is 0 Å². The molecule has 0 aromatic rings. The Morgan fingerprint density at radius 1 is 0.732 bits per heavy atom. The van der Waals surface area contributed by atoms with Crippen molar-refractivity contribution in [3.8, 4) is 0 Å². The van der Waals surface area contributed by atoms with Crippen LogP contribution >= 0.6 is 0 Å². The van der Waals surface area contributed by atoms with E-state index in [-0.39, 0.29) is 27.3 Å². The van der Waals surface area contributed by atoms with Crippen molar-refractivity contribution in [1.29, 1.82) is 0 Å². The lowest BCUT2D eigenvalue weighted by Gasteiger charge is -2.46. The zero-order chi connectivity index (χ0) is 42.8. The molecular formula is C50H92O3Si3. The van der Waals surface area contributed by atoms with Gasteiger partial charge in [0.1, 0.15) is 0 Å². The highest BCUT2D eigenvalue weighted by Crippen LogP contribution is 2.59. The van der Waals surface area contributed by atoms with Gasteiger partial charge in [0, 0.05) is 0 Å². The maximum atomic E-state index is 7.44. The molecule has 3 saturated carbocycles. The number of fused-ring (bicyclic) bond motifs is 1. The summed E-state index contributed by atoms with van der Waals surface area (Å²) in [5.41, 5.74) is 5.19. The maximum Gasteiger partial charge on any atom is 0.192 e. The fourth-order valence-electron chi connectivity index (χ4n) is 8.76. The molecule has 0 N–H and O–H groups in total. The van der Waals surface area contributed by atoms with Gasteiger partial charge in [0.15, 0.2) is 25.0 Å². The van der Waals surface area contributed by atoms with Crippen LogP contribution in [0.5, 0.6) is 0 Å². The van der Waals surface area contributed by atoms with E-state index < -0.39 is 25.0 Å². The van der Waals surface area contributed by atoms with E-state index in [1.54, 1.807) is 5.57 Å². The number of hydrogen-bond donors (Lipinski definition) is 0. The van der Waals surface area contributed by atoms with E-state index in [9.17, 15) is 0 Å². The summed E-state index contributed by atoms with van der Waals surface area (Å²) in [6.45, 7) is 48.3. The number of hydrogen-bond acceptors (Lipinski definition) is 3. The highest BCUT2D eigenvalue weighted by molar-refractivity contribution is 6.75. The lowest BCUT2D eigenvalue weighted by molar-refractivity contribution is 0.112. The van der Waals surface area contributed by atoms with Gasteiger partial charge >= 0.3 is 0 Å². The van der Waals surface area contributed by atoms with E-state index in [1.165, 1.54) is 56.1 Å². The smallest absolute Gasteiger partial charge is 0.192 e. The molecule has 3 nitrogen and oxygen atoms in total. The molecule has 0 aromatic heterocycles. The molecule has 3 fully saturated rings. The van der Waals surface area contributed by atoms with Gasteiger partial charge in [0.2, 0.25) is 0 Å². The molecule has 0 radical (unpaired) electrons. The van der Waals surface area contributed by atoms with Crippen molar-refractivity contribution >= 4 is 25.0 Å². The second-order valence-corrected chi connectivity index (χ2v) is 37.9. The monoisotopic (exact) mass is 825 g/mol. The second kappa shape index (κ2) is 18.5. The summed E-state index contributed by atoms with van der Waals surface area (Å²) >= 11 is 0. The molecular weight excluding hydrogens is 733 g/mol. The van der Waals surface area contributed by atoms with E-state index in [2.05, 4.69) is 179 Å². The standard InChI is InChI=1S/C50H92O3Si3/c1-21-49(13,22-2)33-24-23-26-38(3)42-30-31-43-40(27-25-34-50(42,43)14)29-28-39-36-44(52-55(17,18)47(7,8)9)41(32-35-51-54(15,16)46(4,5)6)45(37-39)53-56(19,20)48(10,11)12/h23-24,26,28-29,32-33,38,42-45H,21-22,25,27,30-31,34-37H2,1-20H3/b26-23+,33-24+,39-28?,40-29+,41-32?/t38-,42?,43?,44-,45?,50?/m1/s1. The molecule has 0 aliphatic heterocycles. The Balaban J connectivity index is 2.01. The maximum absolute atomic E-state index is 7.44. The van der Waals surface area contributed by atoms with Crippen LogP contribution in [0.1, 0.15) is 155 Å². The molecule has 322 valence electrons. The van der Waals surface area contributed by atoms with Gasteiger partial charge in [-0.15, -0.1) is 0 Å². The van der Waals surface area contributed by atoms with Crippen LogP contribution in [-0.4, -0.2) is 43.8 Å². The average molecular weight is 826 g/mol. The third-order valence-corrected chi connectivity index (χ3v) is 30.0. The van der Waals surface area contributed by atoms with Crippen LogP contribution in [0.15, 0.2) is 59.3 Å². The first-order chi connectivity index (χ1) is 25.4. The van der Waals surface area contributed by atoms with Crippen molar-refractivity contribution in [2.45, 2.75) is 221 Å². The van der Waals surface area contributed by atoms with Crippen molar-refractivity contribution in [2.24, 2.45) is 28.6 Å². The third kappa shape index (κ3) is 12.0. The lowest BCUT2D eigenvalue weighted by atomic mass is 9.61. The summed E-state index contributed by atoms with van der Waals surface area (Å²) in [7, 11) is -6.10. The Hall–Kier alpha value is -0.769. The van der Waals surface area contributed by atoms with Gasteiger partial charge in [0.05, 0.1) is 18.8 Å². The quantitative estimate of drug-likeness (QED) is 0.0992. The van der Waals surface area contributed by atoms with Crippen LogP contribution in [0.2, 0.25) is 54.4 Å². The van der Waals surface area contributed by atoms with Gasteiger partial charge in [-0.1, -0.05) is 151 Å². The summed E-state index contributed by atoms with van der Waals surface area (Å²) < 4.78 is 21.7. The van der Waals surface area contributed by atoms with Crippen LogP contribution in [0.25, 0.3) is 0 Å². The Morgan fingerprint density at radius 3 is 1.73 bits per heavy atom.